The minimum atomic E-state index is -2.83. The summed E-state index contributed by atoms with van der Waals surface area (Å²) in [6, 6.07) is 14.0. The molecule has 24 heavy (non-hydrogen) atoms. The summed E-state index contributed by atoms with van der Waals surface area (Å²) in [6.07, 6.45) is 0.673. The van der Waals surface area contributed by atoms with E-state index in [-0.39, 0.29) is 11.7 Å². The van der Waals surface area contributed by atoms with Gasteiger partial charge >= 0.3 is 6.61 Å². The maximum atomic E-state index is 12.1. The van der Waals surface area contributed by atoms with Crippen LogP contribution in [0.1, 0.15) is 11.1 Å². The van der Waals surface area contributed by atoms with Gasteiger partial charge in [-0.1, -0.05) is 30.3 Å². The molecule has 0 saturated heterocycles. The van der Waals surface area contributed by atoms with Crippen LogP contribution in [0.2, 0.25) is 0 Å². The molecule has 0 aliphatic carbocycles. The first-order chi connectivity index (χ1) is 11.6. The normalized spacial score (nSPS) is 15.7. The fourth-order valence-corrected chi connectivity index (χ4v) is 2.61. The van der Waals surface area contributed by atoms with Crippen molar-refractivity contribution in [1.82, 2.24) is 5.32 Å². The molecule has 1 heterocycles. The molecule has 126 valence electrons. The van der Waals surface area contributed by atoms with E-state index in [1.54, 1.807) is 12.1 Å². The van der Waals surface area contributed by atoms with E-state index in [1.165, 1.54) is 12.1 Å². The molecule has 1 N–H and O–H groups in total. The standard InChI is InChI=1S/C18H17F2NO3/c19-18(20)23-14-7-5-12(6-8-14)9-10-21-17(22)16-11-13-3-1-2-4-15(13)24-16/h1-8,16,18H,9-11H2,(H,21,22). The molecule has 2 aromatic rings. The largest absolute Gasteiger partial charge is 0.480 e. The number of carbonyl (C=O) groups excluding carboxylic acids is 1. The van der Waals surface area contributed by atoms with Gasteiger partial charge in [-0.15, -0.1) is 0 Å². The number of carbonyl (C=O) groups is 1. The third-order valence-electron chi connectivity index (χ3n) is 3.80. The average molecular weight is 333 g/mol. The Morgan fingerprint density at radius 2 is 1.96 bits per heavy atom. The first kappa shape index (κ1) is 16.2. The van der Waals surface area contributed by atoms with Crippen molar-refractivity contribution >= 4 is 5.91 Å². The summed E-state index contributed by atoms with van der Waals surface area (Å²) in [7, 11) is 0. The van der Waals surface area contributed by atoms with Crippen molar-refractivity contribution in [3.63, 3.8) is 0 Å². The molecule has 1 amide bonds. The fourth-order valence-electron chi connectivity index (χ4n) is 2.61. The van der Waals surface area contributed by atoms with E-state index < -0.39 is 12.7 Å². The Labute approximate surface area is 138 Å². The van der Waals surface area contributed by atoms with Crippen molar-refractivity contribution in [1.29, 1.82) is 0 Å². The third-order valence-corrected chi connectivity index (χ3v) is 3.80. The number of fused-ring (bicyclic) bond motifs is 1. The van der Waals surface area contributed by atoms with Crippen LogP contribution in [0.4, 0.5) is 8.78 Å². The molecule has 4 nitrogen and oxygen atoms in total. The Morgan fingerprint density at radius 1 is 1.21 bits per heavy atom. The van der Waals surface area contributed by atoms with E-state index in [9.17, 15) is 13.6 Å². The molecule has 3 rings (SSSR count). The fraction of sp³-hybridized carbons (Fsp3) is 0.278. The van der Waals surface area contributed by atoms with Crippen molar-refractivity contribution in [3.05, 3.63) is 59.7 Å². The molecule has 1 aliphatic heterocycles. The van der Waals surface area contributed by atoms with Gasteiger partial charge in [0.2, 0.25) is 0 Å². The molecule has 0 spiro atoms. The zero-order valence-corrected chi connectivity index (χ0v) is 12.9. The second-order valence-electron chi connectivity index (χ2n) is 5.48. The number of hydrogen-bond acceptors (Lipinski definition) is 3. The van der Waals surface area contributed by atoms with Crippen molar-refractivity contribution in [2.45, 2.75) is 25.6 Å². The minimum absolute atomic E-state index is 0.120. The van der Waals surface area contributed by atoms with Crippen LogP contribution in [0, 0.1) is 0 Å². The SMILES string of the molecule is O=C(NCCc1ccc(OC(F)F)cc1)C1Cc2ccccc2O1. The Morgan fingerprint density at radius 3 is 2.67 bits per heavy atom. The van der Waals surface area contributed by atoms with Gasteiger partial charge in [-0.25, -0.2) is 0 Å². The molecular weight excluding hydrogens is 316 g/mol. The van der Waals surface area contributed by atoms with E-state index >= 15 is 0 Å². The van der Waals surface area contributed by atoms with Crippen LogP contribution in [-0.2, 0) is 17.6 Å². The number of alkyl halides is 2. The average Bonchev–Trinajstić information content (AvgIpc) is 3.00. The van der Waals surface area contributed by atoms with Gasteiger partial charge in [0.25, 0.3) is 5.91 Å². The highest BCUT2D eigenvalue weighted by atomic mass is 19.3. The van der Waals surface area contributed by atoms with E-state index in [2.05, 4.69) is 10.1 Å². The van der Waals surface area contributed by atoms with Crippen LogP contribution in [0.5, 0.6) is 11.5 Å². The van der Waals surface area contributed by atoms with Gasteiger partial charge in [-0.2, -0.15) is 8.78 Å². The van der Waals surface area contributed by atoms with Crippen LogP contribution < -0.4 is 14.8 Å². The summed E-state index contributed by atoms with van der Waals surface area (Å²) in [5.74, 6) is 0.728. The van der Waals surface area contributed by atoms with Gasteiger partial charge in [0.05, 0.1) is 0 Å². The van der Waals surface area contributed by atoms with Crippen molar-refractivity contribution in [2.75, 3.05) is 6.54 Å². The molecule has 0 aromatic heterocycles. The maximum absolute atomic E-state index is 12.1. The van der Waals surface area contributed by atoms with Crippen molar-refractivity contribution < 1.29 is 23.0 Å². The van der Waals surface area contributed by atoms with E-state index in [4.69, 9.17) is 4.74 Å². The third kappa shape index (κ3) is 4.01. The topological polar surface area (TPSA) is 47.6 Å². The van der Waals surface area contributed by atoms with E-state index in [0.29, 0.717) is 19.4 Å². The second kappa shape index (κ2) is 7.29. The van der Waals surface area contributed by atoms with Crippen LogP contribution in [0.3, 0.4) is 0 Å². The van der Waals surface area contributed by atoms with Crippen molar-refractivity contribution in [3.8, 4) is 11.5 Å². The summed E-state index contributed by atoms with van der Waals surface area (Å²) in [6.45, 7) is -2.38. The van der Waals surface area contributed by atoms with Crippen LogP contribution in [-0.4, -0.2) is 25.2 Å². The van der Waals surface area contributed by atoms with Crippen LogP contribution in [0.15, 0.2) is 48.5 Å². The summed E-state index contributed by atoms with van der Waals surface area (Å²) in [5.41, 5.74) is 1.96. The minimum Gasteiger partial charge on any atom is -0.480 e. The Balaban J connectivity index is 1.44. The van der Waals surface area contributed by atoms with Gasteiger partial charge in [-0.05, 0) is 35.7 Å². The van der Waals surface area contributed by atoms with Crippen LogP contribution >= 0.6 is 0 Å². The van der Waals surface area contributed by atoms with Gasteiger partial charge in [-0.3, -0.25) is 4.79 Å². The predicted octanol–water partition coefficient (Wildman–Crippen LogP) is 2.95. The summed E-state index contributed by atoms with van der Waals surface area (Å²) in [5, 5.41) is 2.84. The molecule has 0 saturated carbocycles. The Bertz CT molecular complexity index is 679. The predicted molar refractivity (Wildman–Crippen MR) is 84.3 cm³/mol. The summed E-state index contributed by atoms with van der Waals surface area (Å²) >= 11 is 0. The highest BCUT2D eigenvalue weighted by Gasteiger charge is 2.28. The number of rotatable bonds is 6. The molecule has 0 bridgehead atoms. The molecule has 1 atom stereocenters. The van der Waals surface area contributed by atoms with Crippen molar-refractivity contribution in [2.24, 2.45) is 0 Å². The summed E-state index contributed by atoms with van der Waals surface area (Å²) < 4.78 is 34.1. The number of halogens is 2. The number of ether oxygens (including phenoxy) is 2. The van der Waals surface area contributed by atoms with Gasteiger partial charge in [0.15, 0.2) is 6.10 Å². The Kier molecular flexibility index (Phi) is 4.93. The quantitative estimate of drug-likeness (QED) is 0.884. The lowest BCUT2D eigenvalue weighted by Crippen LogP contribution is -2.38. The molecular formula is C18H17F2NO3. The highest BCUT2D eigenvalue weighted by Crippen LogP contribution is 2.28. The van der Waals surface area contributed by atoms with Crippen LogP contribution in [0.25, 0.3) is 0 Å². The summed E-state index contributed by atoms with van der Waals surface area (Å²) in [4.78, 5) is 12.1. The molecule has 0 fully saturated rings. The highest BCUT2D eigenvalue weighted by molar-refractivity contribution is 5.82. The zero-order chi connectivity index (χ0) is 16.9. The lowest BCUT2D eigenvalue weighted by molar-refractivity contribution is -0.127. The lowest BCUT2D eigenvalue weighted by atomic mass is 10.1. The lowest BCUT2D eigenvalue weighted by Gasteiger charge is -2.11. The smallest absolute Gasteiger partial charge is 0.387 e. The molecule has 0 radical (unpaired) electrons. The Hall–Kier alpha value is -2.63. The molecule has 2 aromatic carbocycles. The monoisotopic (exact) mass is 333 g/mol. The number of amides is 1. The molecule has 6 heteroatoms. The number of nitrogens with one attached hydrogen (secondary N) is 1. The van der Waals surface area contributed by atoms with Gasteiger partial charge < -0.3 is 14.8 Å². The first-order valence-corrected chi connectivity index (χ1v) is 7.68. The molecule has 1 aliphatic rings. The number of hydrogen-bond donors (Lipinski definition) is 1. The van der Waals surface area contributed by atoms with E-state index in [1.807, 2.05) is 24.3 Å². The zero-order valence-electron chi connectivity index (χ0n) is 12.9. The second-order valence-corrected chi connectivity index (χ2v) is 5.48. The molecule has 1 unspecified atom stereocenters. The van der Waals surface area contributed by atoms with Gasteiger partial charge in [0.1, 0.15) is 11.5 Å². The van der Waals surface area contributed by atoms with Gasteiger partial charge in [0, 0.05) is 13.0 Å². The number of benzene rings is 2. The van der Waals surface area contributed by atoms with E-state index in [0.717, 1.165) is 16.9 Å². The maximum Gasteiger partial charge on any atom is 0.387 e. The number of para-hydroxylation sites is 1. The first-order valence-electron chi connectivity index (χ1n) is 7.68.